The summed E-state index contributed by atoms with van der Waals surface area (Å²) in [6.07, 6.45) is 0. The van der Waals surface area contributed by atoms with E-state index in [0.717, 1.165) is 6.07 Å². The molecule has 0 amide bonds. The summed E-state index contributed by atoms with van der Waals surface area (Å²) < 4.78 is 32.2. The van der Waals surface area contributed by atoms with E-state index >= 15 is 0 Å². The van der Waals surface area contributed by atoms with Gasteiger partial charge in [-0.15, -0.1) is 0 Å². The van der Waals surface area contributed by atoms with Gasteiger partial charge in [0.15, 0.2) is 11.6 Å². The number of nitrogen functional groups attached to an aromatic ring is 1. The Morgan fingerprint density at radius 2 is 1.48 bits per heavy atom. The zero-order chi connectivity index (χ0) is 15.4. The molecule has 0 unspecified atom stereocenters. The molecule has 7 heteroatoms. The van der Waals surface area contributed by atoms with Crippen molar-refractivity contribution in [2.75, 3.05) is 5.73 Å². The average Bonchev–Trinajstić information content (AvgIpc) is 2.43. The molecule has 3 N–H and O–H groups in total. The number of carbonyl (C=O) groups is 2. The first-order valence-corrected chi connectivity index (χ1v) is 7.34. The molecule has 0 saturated heterocycles. The van der Waals surface area contributed by atoms with Crippen molar-refractivity contribution in [3.63, 3.8) is 0 Å². The molecule has 0 fully saturated rings. The van der Waals surface area contributed by atoms with E-state index in [0.29, 0.717) is 0 Å². The minimum absolute atomic E-state index is 0.0260. The summed E-state index contributed by atoms with van der Waals surface area (Å²) in [6, 6.07) is 8.29. The van der Waals surface area contributed by atoms with Crippen LogP contribution in [0.3, 0.4) is 0 Å². The minimum Gasteiger partial charge on any atom is -0.399 e. The van der Waals surface area contributed by atoms with Gasteiger partial charge < -0.3 is 5.73 Å². The molecule has 0 heterocycles. The van der Waals surface area contributed by atoms with E-state index in [1.807, 2.05) is 0 Å². The third-order valence-corrected chi connectivity index (χ3v) is 4.17. The van der Waals surface area contributed by atoms with Gasteiger partial charge in [-0.3, -0.25) is 14.1 Å². The molecular formula is C14H9NO5S. The Morgan fingerprint density at radius 3 is 2.05 bits per heavy atom. The predicted octanol–water partition coefficient (Wildman–Crippen LogP) is 1.29. The summed E-state index contributed by atoms with van der Waals surface area (Å²) >= 11 is 0. The van der Waals surface area contributed by atoms with E-state index in [1.54, 1.807) is 12.1 Å². The lowest BCUT2D eigenvalue weighted by Crippen LogP contribution is -2.24. The Bertz CT molecular complexity index is 915. The number of hydrogen-bond acceptors (Lipinski definition) is 5. The fraction of sp³-hybridized carbons (Fsp3) is 0. The van der Waals surface area contributed by atoms with Crippen LogP contribution in [0.4, 0.5) is 5.69 Å². The molecule has 1 aliphatic rings. The van der Waals surface area contributed by atoms with Crippen LogP contribution < -0.4 is 5.73 Å². The van der Waals surface area contributed by atoms with Crippen LogP contribution in [0.25, 0.3) is 0 Å². The normalized spacial score (nSPS) is 13.8. The van der Waals surface area contributed by atoms with Crippen molar-refractivity contribution < 1.29 is 22.6 Å². The lowest BCUT2D eigenvalue weighted by molar-refractivity contribution is 0.0976. The third-order valence-electron chi connectivity index (χ3n) is 3.29. The fourth-order valence-corrected chi connectivity index (χ4v) is 3.16. The largest absolute Gasteiger partial charge is 0.399 e. The molecule has 1 aliphatic carbocycles. The molecule has 0 aromatic heterocycles. The number of benzene rings is 2. The van der Waals surface area contributed by atoms with E-state index in [2.05, 4.69) is 0 Å². The SMILES string of the molecule is Nc1cc2c(c(S(=O)(=O)O)c1)C(=O)c1ccccc1C2=O. The van der Waals surface area contributed by atoms with Gasteiger partial charge in [-0.25, -0.2) is 0 Å². The number of ketones is 2. The number of hydrogen-bond donors (Lipinski definition) is 2. The maximum Gasteiger partial charge on any atom is 0.295 e. The quantitative estimate of drug-likeness (QED) is 0.517. The van der Waals surface area contributed by atoms with Gasteiger partial charge in [0.05, 0.1) is 5.56 Å². The van der Waals surface area contributed by atoms with Crippen LogP contribution in [0.1, 0.15) is 31.8 Å². The fourth-order valence-electron chi connectivity index (χ4n) is 2.41. The van der Waals surface area contributed by atoms with Gasteiger partial charge >= 0.3 is 0 Å². The Morgan fingerprint density at radius 1 is 0.905 bits per heavy atom. The van der Waals surface area contributed by atoms with Crippen LogP contribution in [0.2, 0.25) is 0 Å². The van der Waals surface area contributed by atoms with Gasteiger partial charge in [-0.1, -0.05) is 24.3 Å². The van der Waals surface area contributed by atoms with Crippen molar-refractivity contribution in [3.8, 4) is 0 Å². The van der Waals surface area contributed by atoms with Gasteiger partial charge in [0.1, 0.15) is 4.90 Å². The van der Waals surface area contributed by atoms with Crippen molar-refractivity contribution in [1.29, 1.82) is 0 Å². The lowest BCUT2D eigenvalue weighted by Gasteiger charge is -2.19. The van der Waals surface area contributed by atoms with Crippen molar-refractivity contribution in [2.24, 2.45) is 0 Å². The number of fused-ring (bicyclic) bond motifs is 2. The second-order valence-corrected chi connectivity index (χ2v) is 6.01. The first-order chi connectivity index (χ1) is 9.80. The topological polar surface area (TPSA) is 115 Å². The molecule has 0 radical (unpaired) electrons. The second kappa shape index (κ2) is 4.24. The predicted molar refractivity (Wildman–Crippen MR) is 74.0 cm³/mol. The average molecular weight is 303 g/mol. The second-order valence-electron chi connectivity index (χ2n) is 4.62. The van der Waals surface area contributed by atoms with Gasteiger partial charge in [-0.2, -0.15) is 8.42 Å². The number of carbonyl (C=O) groups excluding carboxylic acids is 2. The summed E-state index contributed by atoms with van der Waals surface area (Å²) in [5.41, 5.74) is 5.37. The van der Waals surface area contributed by atoms with Gasteiger partial charge in [0.25, 0.3) is 10.1 Å². The van der Waals surface area contributed by atoms with Gasteiger partial charge in [0, 0.05) is 22.4 Å². The Kier molecular flexibility index (Phi) is 2.72. The van der Waals surface area contributed by atoms with Crippen LogP contribution in [0.15, 0.2) is 41.3 Å². The van der Waals surface area contributed by atoms with Gasteiger partial charge in [0.2, 0.25) is 0 Å². The van der Waals surface area contributed by atoms with Crippen molar-refractivity contribution in [2.45, 2.75) is 4.90 Å². The molecule has 0 atom stereocenters. The van der Waals surface area contributed by atoms with E-state index in [9.17, 15) is 22.6 Å². The Hall–Kier alpha value is -2.51. The minimum atomic E-state index is -4.68. The first kappa shape index (κ1) is 13.5. The van der Waals surface area contributed by atoms with E-state index in [-0.39, 0.29) is 27.9 Å². The number of anilines is 1. The molecule has 0 saturated carbocycles. The molecule has 106 valence electrons. The Balaban J connectivity index is 2.44. The highest BCUT2D eigenvalue weighted by Crippen LogP contribution is 2.33. The summed E-state index contributed by atoms with van der Waals surface area (Å²) in [4.78, 5) is 24.2. The maximum atomic E-state index is 12.5. The summed E-state index contributed by atoms with van der Waals surface area (Å²) in [6.45, 7) is 0. The van der Waals surface area contributed by atoms with E-state index < -0.39 is 26.6 Å². The number of rotatable bonds is 1. The molecule has 0 bridgehead atoms. The number of nitrogens with two attached hydrogens (primary N) is 1. The zero-order valence-electron chi connectivity index (χ0n) is 10.5. The van der Waals surface area contributed by atoms with Crippen molar-refractivity contribution in [1.82, 2.24) is 0 Å². The van der Waals surface area contributed by atoms with Gasteiger partial charge in [-0.05, 0) is 12.1 Å². The molecule has 2 aromatic rings. The summed E-state index contributed by atoms with van der Waals surface area (Å²) in [5.74, 6) is -1.13. The Labute approximate surface area is 120 Å². The highest BCUT2D eigenvalue weighted by atomic mass is 32.2. The summed E-state index contributed by atoms with van der Waals surface area (Å²) in [5, 5.41) is 0. The summed E-state index contributed by atoms with van der Waals surface area (Å²) in [7, 11) is -4.68. The van der Waals surface area contributed by atoms with E-state index in [4.69, 9.17) is 5.73 Å². The van der Waals surface area contributed by atoms with Crippen LogP contribution >= 0.6 is 0 Å². The molecule has 0 aliphatic heterocycles. The van der Waals surface area contributed by atoms with Crippen LogP contribution in [0.5, 0.6) is 0 Å². The van der Waals surface area contributed by atoms with Crippen LogP contribution in [0, 0.1) is 0 Å². The van der Waals surface area contributed by atoms with Crippen LogP contribution in [-0.2, 0) is 10.1 Å². The molecule has 2 aromatic carbocycles. The zero-order valence-corrected chi connectivity index (χ0v) is 11.3. The maximum absolute atomic E-state index is 12.5. The van der Waals surface area contributed by atoms with E-state index in [1.165, 1.54) is 18.2 Å². The molecule has 0 spiro atoms. The smallest absolute Gasteiger partial charge is 0.295 e. The highest BCUT2D eigenvalue weighted by molar-refractivity contribution is 7.86. The molecular weight excluding hydrogens is 294 g/mol. The standard InChI is InChI=1S/C14H9NO5S/c15-7-5-10-12(11(6-7)21(18,19)20)14(17)9-4-2-1-3-8(9)13(10)16/h1-6H,15H2,(H,18,19,20). The van der Waals surface area contributed by atoms with Crippen molar-refractivity contribution in [3.05, 3.63) is 58.7 Å². The third kappa shape index (κ3) is 1.94. The first-order valence-electron chi connectivity index (χ1n) is 5.90. The molecule has 6 nitrogen and oxygen atoms in total. The molecule has 21 heavy (non-hydrogen) atoms. The highest BCUT2D eigenvalue weighted by Gasteiger charge is 2.34. The van der Waals surface area contributed by atoms with Crippen molar-refractivity contribution >= 4 is 27.4 Å². The monoisotopic (exact) mass is 303 g/mol. The lowest BCUT2D eigenvalue weighted by atomic mass is 9.84. The van der Waals surface area contributed by atoms with Crippen LogP contribution in [-0.4, -0.2) is 24.5 Å². The molecule has 3 rings (SSSR count).